The number of hydrogen-bond acceptors (Lipinski definition) is 5. The molecule has 236 valence electrons. The molecule has 1 N–H and O–H groups in total. The van der Waals surface area contributed by atoms with E-state index >= 15 is 0 Å². The van der Waals surface area contributed by atoms with E-state index in [-0.39, 0.29) is 23.4 Å². The van der Waals surface area contributed by atoms with Crippen LogP contribution in [-0.2, 0) is 26.2 Å². The van der Waals surface area contributed by atoms with E-state index < -0.39 is 28.5 Å². The highest BCUT2D eigenvalue weighted by molar-refractivity contribution is 9.10. The molecule has 12 heteroatoms. The van der Waals surface area contributed by atoms with Gasteiger partial charge in [-0.25, -0.2) is 8.42 Å². The van der Waals surface area contributed by atoms with Crippen molar-refractivity contribution in [2.45, 2.75) is 69.5 Å². The van der Waals surface area contributed by atoms with Gasteiger partial charge in [0.15, 0.2) is 0 Å². The van der Waals surface area contributed by atoms with Crippen LogP contribution < -0.4 is 14.4 Å². The van der Waals surface area contributed by atoms with Gasteiger partial charge in [-0.05, 0) is 90.1 Å². The van der Waals surface area contributed by atoms with Gasteiger partial charge in [0.2, 0.25) is 11.8 Å². The average Bonchev–Trinajstić information content (AvgIpc) is 3.51. The molecule has 3 aromatic carbocycles. The van der Waals surface area contributed by atoms with Gasteiger partial charge in [-0.15, -0.1) is 0 Å². The minimum Gasteiger partial charge on any atom is -0.496 e. The van der Waals surface area contributed by atoms with Crippen LogP contribution in [0.2, 0.25) is 10.0 Å². The average molecular weight is 726 g/mol. The molecule has 1 unspecified atom stereocenters. The molecule has 4 rings (SSSR count). The zero-order chi connectivity index (χ0) is 32.0. The molecule has 3 aromatic rings. The molecule has 1 saturated carbocycles. The minimum atomic E-state index is -4.24. The molecule has 2 amide bonds. The SMILES string of the molecule is CCC(C(=O)NC1CCCC1)N(Cc1ccc(Cl)c(Cl)c1)C(=O)CN(c1ccc(C)cc1)S(=O)(=O)c1ccc(OC)c(Br)c1. The van der Waals surface area contributed by atoms with Crippen LogP contribution in [0.25, 0.3) is 0 Å². The lowest BCUT2D eigenvalue weighted by Gasteiger charge is -2.34. The summed E-state index contributed by atoms with van der Waals surface area (Å²) in [4.78, 5) is 29.3. The largest absolute Gasteiger partial charge is 0.496 e. The first-order valence-electron chi connectivity index (χ1n) is 14.4. The normalized spacial score (nSPS) is 14.2. The minimum absolute atomic E-state index is 0.0272. The summed E-state index contributed by atoms with van der Waals surface area (Å²) >= 11 is 15.8. The number of nitrogens with zero attached hydrogens (tertiary/aromatic N) is 2. The summed E-state index contributed by atoms with van der Waals surface area (Å²) in [5.41, 5.74) is 1.90. The molecule has 0 aromatic heterocycles. The summed E-state index contributed by atoms with van der Waals surface area (Å²) in [6.07, 6.45) is 4.19. The molecule has 0 aliphatic heterocycles. The monoisotopic (exact) mass is 723 g/mol. The van der Waals surface area contributed by atoms with Crippen LogP contribution in [0, 0.1) is 6.92 Å². The molecular weight excluding hydrogens is 689 g/mol. The molecule has 1 aliphatic carbocycles. The predicted octanol–water partition coefficient (Wildman–Crippen LogP) is 7.13. The number of aryl methyl sites for hydroxylation is 1. The van der Waals surface area contributed by atoms with Gasteiger partial charge in [0.1, 0.15) is 18.3 Å². The van der Waals surface area contributed by atoms with Crippen molar-refractivity contribution in [1.82, 2.24) is 10.2 Å². The lowest BCUT2D eigenvalue weighted by atomic mass is 10.1. The third-order valence-electron chi connectivity index (χ3n) is 7.74. The fraction of sp³-hybridized carbons (Fsp3) is 0.375. The maximum atomic E-state index is 14.3. The Hall–Kier alpha value is -2.79. The number of anilines is 1. The number of amides is 2. The number of hydrogen-bond donors (Lipinski definition) is 1. The van der Waals surface area contributed by atoms with Crippen molar-refractivity contribution in [3.63, 3.8) is 0 Å². The van der Waals surface area contributed by atoms with Gasteiger partial charge in [-0.3, -0.25) is 13.9 Å². The standard InChI is InChI=1S/C32H36BrCl2N3O5S/c1-4-29(32(40)36-23-7-5-6-8-23)37(19-22-11-15-27(34)28(35)17-22)31(39)20-38(24-12-9-21(2)10-13-24)44(41,42)25-14-16-30(43-3)26(33)18-25/h9-18,23,29H,4-8,19-20H2,1-3H3,(H,36,40). The summed E-state index contributed by atoms with van der Waals surface area (Å²) in [7, 11) is -2.75. The number of halogens is 3. The molecule has 0 radical (unpaired) electrons. The van der Waals surface area contributed by atoms with Gasteiger partial charge in [0.05, 0.1) is 32.2 Å². The smallest absolute Gasteiger partial charge is 0.264 e. The second-order valence-corrected chi connectivity index (χ2v) is 14.4. The lowest BCUT2D eigenvalue weighted by molar-refractivity contribution is -0.140. The fourth-order valence-electron chi connectivity index (χ4n) is 5.30. The first-order valence-corrected chi connectivity index (χ1v) is 17.4. The predicted molar refractivity (Wildman–Crippen MR) is 178 cm³/mol. The Bertz CT molecular complexity index is 1600. The summed E-state index contributed by atoms with van der Waals surface area (Å²) in [6, 6.07) is 15.5. The Morgan fingerprint density at radius 2 is 1.70 bits per heavy atom. The van der Waals surface area contributed by atoms with Gasteiger partial charge in [0, 0.05) is 12.6 Å². The van der Waals surface area contributed by atoms with Gasteiger partial charge < -0.3 is 15.0 Å². The van der Waals surface area contributed by atoms with Crippen molar-refractivity contribution < 1.29 is 22.7 Å². The number of rotatable bonds is 12. The molecule has 1 aliphatic rings. The number of methoxy groups -OCH3 is 1. The van der Waals surface area contributed by atoms with Crippen molar-refractivity contribution in [3.8, 4) is 5.75 Å². The van der Waals surface area contributed by atoms with Gasteiger partial charge >= 0.3 is 0 Å². The Morgan fingerprint density at radius 1 is 1.02 bits per heavy atom. The van der Waals surface area contributed by atoms with Gasteiger partial charge in [-0.1, -0.05) is 66.7 Å². The molecule has 0 saturated heterocycles. The number of ether oxygens (including phenoxy) is 1. The fourth-order valence-corrected chi connectivity index (χ4v) is 7.75. The summed E-state index contributed by atoms with van der Waals surface area (Å²) < 4.78 is 35.1. The molecule has 44 heavy (non-hydrogen) atoms. The van der Waals surface area contributed by atoms with Crippen LogP contribution in [0.15, 0.2) is 70.0 Å². The van der Waals surface area contributed by atoms with E-state index in [4.69, 9.17) is 27.9 Å². The van der Waals surface area contributed by atoms with E-state index in [9.17, 15) is 18.0 Å². The molecule has 1 atom stereocenters. The van der Waals surface area contributed by atoms with E-state index in [1.165, 1.54) is 24.1 Å². The van der Waals surface area contributed by atoms with Crippen molar-refractivity contribution >= 4 is 66.7 Å². The van der Waals surface area contributed by atoms with Crippen LogP contribution in [-0.4, -0.2) is 50.9 Å². The number of carbonyl (C=O) groups is 2. The molecule has 1 fully saturated rings. The van der Waals surface area contributed by atoms with Gasteiger partial charge in [0.25, 0.3) is 10.0 Å². The molecule has 0 spiro atoms. The first kappa shape index (κ1) is 34.1. The van der Waals surface area contributed by atoms with E-state index in [0.717, 1.165) is 35.6 Å². The highest BCUT2D eigenvalue weighted by Crippen LogP contribution is 2.31. The second-order valence-electron chi connectivity index (χ2n) is 10.8. The van der Waals surface area contributed by atoms with Crippen LogP contribution in [0.3, 0.4) is 0 Å². The van der Waals surface area contributed by atoms with Crippen LogP contribution in [0.5, 0.6) is 5.75 Å². The van der Waals surface area contributed by atoms with E-state index in [0.29, 0.717) is 37.9 Å². The highest BCUT2D eigenvalue weighted by atomic mass is 79.9. The Kier molecular flexibility index (Phi) is 11.6. The van der Waals surface area contributed by atoms with Crippen LogP contribution >= 0.6 is 39.1 Å². The summed E-state index contributed by atoms with van der Waals surface area (Å²) in [6.45, 7) is 3.21. The number of benzene rings is 3. The zero-order valence-electron chi connectivity index (χ0n) is 24.9. The second kappa shape index (κ2) is 15.0. The summed E-state index contributed by atoms with van der Waals surface area (Å²) in [5.74, 6) is -0.341. The summed E-state index contributed by atoms with van der Waals surface area (Å²) in [5, 5.41) is 3.78. The first-order chi connectivity index (χ1) is 20.9. The molecule has 0 heterocycles. The Morgan fingerprint density at radius 3 is 2.30 bits per heavy atom. The maximum Gasteiger partial charge on any atom is 0.264 e. The van der Waals surface area contributed by atoms with Crippen LogP contribution in [0.4, 0.5) is 5.69 Å². The van der Waals surface area contributed by atoms with E-state index in [1.807, 2.05) is 13.8 Å². The number of sulfonamides is 1. The Labute approximate surface area is 277 Å². The number of nitrogens with one attached hydrogen (secondary N) is 1. The zero-order valence-corrected chi connectivity index (χ0v) is 28.8. The van der Waals surface area contributed by atoms with Crippen molar-refractivity contribution in [2.24, 2.45) is 0 Å². The third-order valence-corrected chi connectivity index (χ3v) is 10.9. The lowest BCUT2D eigenvalue weighted by Crippen LogP contribution is -2.53. The molecular formula is C32H36BrCl2N3O5S. The van der Waals surface area contributed by atoms with E-state index in [2.05, 4.69) is 21.2 Å². The van der Waals surface area contributed by atoms with Crippen LogP contribution in [0.1, 0.15) is 50.2 Å². The quantitative estimate of drug-likeness (QED) is 0.214. The maximum absolute atomic E-state index is 14.3. The van der Waals surface area contributed by atoms with Gasteiger partial charge in [-0.2, -0.15) is 0 Å². The van der Waals surface area contributed by atoms with E-state index in [1.54, 1.807) is 48.5 Å². The highest BCUT2D eigenvalue weighted by Gasteiger charge is 2.35. The molecule has 8 nitrogen and oxygen atoms in total. The Balaban J connectivity index is 1.74. The van der Waals surface area contributed by atoms with Crippen molar-refractivity contribution in [3.05, 3.63) is 86.3 Å². The van der Waals surface area contributed by atoms with Crippen molar-refractivity contribution in [2.75, 3.05) is 18.0 Å². The van der Waals surface area contributed by atoms with Crippen molar-refractivity contribution in [1.29, 1.82) is 0 Å². The molecule has 0 bridgehead atoms. The topological polar surface area (TPSA) is 96.0 Å². The third kappa shape index (κ3) is 8.07. The number of carbonyl (C=O) groups excluding carboxylic acids is 2.